The first-order chi connectivity index (χ1) is 16.9. The van der Waals surface area contributed by atoms with Gasteiger partial charge in [0.25, 0.3) is 0 Å². The third kappa shape index (κ3) is 4.82. The minimum Gasteiger partial charge on any atom is -0.337 e. The summed E-state index contributed by atoms with van der Waals surface area (Å²) in [6.07, 6.45) is 0.935. The average molecular weight is 491 g/mol. The van der Waals surface area contributed by atoms with Crippen LogP contribution in [0.25, 0.3) is 22.2 Å². The van der Waals surface area contributed by atoms with Crippen LogP contribution in [0.1, 0.15) is 18.7 Å². The zero-order chi connectivity index (χ0) is 24.4. The minimum atomic E-state index is -3.62. The fraction of sp³-hybridized carbons (Fsp3) is 0.269. The Labute approximate surface area is 204 Å². The Bertz CT molecular complexity index is 1440. The monoisotopic (exact) mass is 490 g/mol. The topological polar surface area (TPSA) is 96.6 Å². The van der Waals surface area contributed by atoms with Crippen LogP contribution in [0.4, 0.5) is 0 Å². The summed E-state index contributed by atoms with van der Waals surface area (Å²) >= 11 is 0. The number of hydrogen-bond acceptors (Lipinski definition) is 6. The fourth-order valence-corrected chi connectivity index (χ4v) is 5.94. The number of sulfonamides is 1. The van der Waals surface area contributed by atoms with E-state index in [9.17, 15) is 13.2 Å². The molecule has 1 fully saturated rings. The summed E-state index contributed by atoms with van der Waals surface area (Å²) in [4.78, 5) is 19.3. The van der Waals surface area contributed by atoms with E-state index in [1.165, 1.54) is 4.31 Å². The number of fused-ring (bicyclic) bond motifs is 1. The number of amides is 1. The van der Waals surface area contributed by atoms with Crippen LogP contribution in [0.2, 0.25) is 0 Å². The predicted molar refractivity (Wildman–Crippen MR) is 132 cm³/mol. The first kappa shape index (κ1) is 23.2. The summed E-state index contributed by atoms with van der Waals surface area (Å²) in [5, 5.41) is 5.88. The number of carbonyl (C=O) groups is 1. The molecule has 0 bridgehead atoms. The molecule has 180 valence electrons. The number of aromatic nitrogens is 2. The molecule has 35 heavy (non-hydrogen) atoms. The van der Waals surface area contributed by atoms with Crippen molar-refractivity contribution in [1.29, 1.82) is 0 Å². The van der Waals surface area contributed by atoms with E-state index in [1.807, 2.05) is 60.7 Å². The molecule has 1 saturated heterocycles. The SMILES string of the molecule is CN(Cc1nc(-c2ccccc2)no1)C(=O)C1CCN(S(=O)(=O)c2ccc3ccccc3c2)CC1. The van der Waals surface area contributed by atoms with Gasteiger partial charge in [-0.2, -0.15) is 9.29 Å². The second-order valence-corrected chi connectivity index (χ2v) is 10.7. The van der Waals surface area contributed by atoms with Crippen molar-refractivity contribution in [1.82, 2.24) is 19.3 Å². The van der Waals surface area contributed by atoms with Crippen molar-refractivity contribution in [2.45, 2.75) is 24.3 Å². The van der Waals surface area contributed by atoms with Gasteiger partial charge < -0.3 is 9.42 Å². The van der Waals surface area contributed by atoms with E-state index >= 15 is 0 Å². The molecule has 0 saturated carbocycles. The second-order valence-electron chi connectivity index (χ2n) is 8.76. The molecule has 0 aliphatic carbocycles. The Balaban J connectivity index is 1.20. The number of hydrogen-bond donors (Lipinski definition) is 0. The molecule has 0 N–H and O–H groups in total. The largest absolute Gasteiger partial charge is 0.337 e. The van der Waals surface area contributed by atoms with Crippen LogP contribution >= 0.6 is 0 Å². The van der Waals surface area contributed by atoms with Gasteiger partial charge in [-0.3, -0.25) is 4.79 Å². The standard InChI is InChI=1S/C26H26N4O4S/c1-29(18-24-27-25(28-34-24)20-8-3-2-4-9-20)26(31)21-13-15-30(16-14-21)35(32,33)23-12-11-19-7-5-6-10-22(19)17-23/h2-12,17,21H,13-16,18H2,1H3. The van der Waals surface area contributed by atoms with Crippen LogP contribution in [0.3, 0.4) is 0 Å². The maximum atomic E-state index is 13.2. The lowest BCUT2D eigenvalue weighted by Gasteiger charge is -2.32. The Kier molecular flexibility index (Phi) is 6.36. The van der Waals surface area contributed by atoms with E-state index < -0.39 is 10.0 Å². The summed E-state index contributed by atoms with van der Waals surface area (Å²) in [6.45, 7) is 0.810. The highest BCUT2D eigenvalue weighted by Gasteiger charge is 2.33. The van der Waals surface area contributed by atoms with Gasteiger partial charge >= 0.3 is 0 Å². The van der Waals surface area contributed by atoms with Gasteiger partial charge in [-0.1, -0.05) is 65.8 Å². The van der Waals surface area contributed by atoms with Gasteiger partial charge in [0.15, 0.2) is 0 Å². The van der Waals surface area contributed by atoms with Gasteiger partial charge in [-0.05, 0) is 35.7 Å². The fourth-order valence-electron chi connectivity index (χ4n) is 4.44. The zero-order valence-electron chi connectivity index (χ0n) is 19.4. The molecular weight excluding hydrogens is 464 g/mol. The third-order valence-electron chi connectivity index (χ3n) is 6.41. The first-order valence-corrected chi connectivity index (χ1v) is 13.0. The number of benzene rings is 3. The summed E-state index contributed by atoms with van der Waals surface area (Å²) in [5.74, 6) is 0.538. The van der Waals surface area contributed by atoms with Crippen LogP contribution in [-0.2, 0) is 21.4 Å². The third-order valence-corrected chi connectivity index (χ3v) is 8.31. The lowest BCUT2D eigenvalue weighted by Crippen LogP contribution is -2.43. The Morgan fingerprint density at radius 3 is 2.43 bits per heavy atom. The van der Waals surface area contributed by atoms with Gasteiger partial charge in [0.2, 0.25) is 27.6 Å². The van der Waals surface area contributed by atoms with Crippen molar-refractivity contribution < 1.29 is 17.7 Å². The molecular formula is C26H26N4O4S. The van der Waals surface area contributed by atoms with E-state index in [-0.39, 0.29) is 23.3 Å². The molecule has 9 heteroatoms. The highest BCUT2D eigenvalue weighted by atomic mass is 32.2. The lowest BCUT2D eigenvalue weighted by atomic mass is 9.97. The highest BCUT2D eigenvalue weighted by molar-refractivity contribution is 7.89. The van der Waals surface area contributed by atoms with Gasteiger partial charge in [0, 0.05) is 31.6 Å². The van der Waals surface area contributed by atoms with E-state index in [0.717, 1.165) is 16.3 Å². The molecule has 1 aromatic heterocycles. The molecule has 3 aromatic carbocycles. The number of carbonyl (C=O) groups excluding carboxylic acids is 1. The van der Waals surface area contributed by atoms with Crippen molar-refractivity contribution in [3.8, 4) is 11.4 Å². The molecule has 0 atom stereocenters. The lowest BCUT2D eigenvalue weighted by molar-refractivity contribution is -0.136. The second kappa shape index (κ2) is 9.59. The number of piperidine rings is 1. The van der Waals surface area contributed by atoms with Crippen molar-refractivity contribution in [2.24, 2.45) is 5.92 Å². The summed E-state index contributed by atoms with van der Waals surface area (Å²) in [6, 6.07) is 22.4. The smallest absolute Gasteiger partial charge is 0.246 e. The van der Waals surface area contributed by atoms with Gasteiger partial charge in [-0.25, -0.2) is 8.42 Å². The summed E-state index contributed by atoms with van der Waals surface area (Å²) < 4.78 is 33.2. The molecule has 1 aliphatic heterocycles. The molecule has 1 aliphatic rings. The van der Waals surface area contributed by atoms with Crippen LogP contribution in [-0.4, -0.2) is 53.8 Å². The minimum absolute atomic E-state index is 0.0489. The molecule has 2 heterocycles. The normalized spacial score (nSPS) is 15.3. The maximum absolute atomic E-state index is 13.2. The van der Waals surface area contributed by atoms with Crippen molar-refractivity contribution >= 4 is 26.7 Å². The average Bonchev–Trinajstić information content (AvgIpc) is 3.37. The molecule has 5 rings (SSSR count). The Morgan fingerprint density at radius 1 is 1.00 bits per heavy atom. The van der Waals surface area contributed by atoms with E-state index in [0.29, 0.717) is 37.6 Å². The van der Waals surface area contributed by atoms with Gasteiger partial charge in [0.1, 0.15) is 0 Å². The molecule has 4 aromatic rings. The molecule has 0 unspecified atom stereocenters. The number of rotatable bonds is 6. The zero-order valence-corrected chi connectivity index (χ0v) is 20.2. The van der Waals surface area contributed by atoms with E-state index in [2.05, 4.69) is 10.1 Å². The van der Waals surface area contributed by atoms with Crippen molar-refractivity contribution in [2.75, 3.05) is 20.1 Å². The van der Waals surface area contributed by atoms with Gasteiger partial charge in [0.05, 0.1) is 11.4 Å². The first-order valence-electron chi connectivity index (χ1n) is 11.5. The van der Waals surface area contributed by atoms with E-state index in [4.69, 9.17) is 4.52 Å². The molecule has 0 radical (unpaired) electrons. The van der Waals surface area contributed by atoms with Crippen molar-refractivity contribution in [3.05, 3.63) is 78.7 Å². The predicted octanol–water partition coefficient (Wildman–Crippen LogP) is 3.95. The van der Waals surface area contributed by atoms with E-state index in [1.54, 1.807) is 24.1 Å². The molecule has 0 spiro atoms. The highest BCUT2D eigenvalue weighted by Crippen LogP contribution is 2.27. The molecule has 1 amide bonds. The van der Waals surface area contributed by atoms with Crippen LogP contribution < -0.4 is 0 Å². The number of nitrogens with zero attached hydrogens (tertiary/aromatic N) is 4. The molecule has 8 nitrogen and oxygen atoms in total. The van der Waals surface area contributed by atoms with Gasteiger partial charge in [-0.15, -0.1) is 0 Å². The maximum Gasteiger partial charge on any atom is 0.246 e. The Hall–Kier alpha value is -3.56. The van der Waals surface area contributed by atoms with Crippen molar-refractivity contribution in [3.63, 3.8) is 0 Å². The van der Waals surface area contributed by atoms with Crippen LogP contribution in [0.15, 0.2) is 82.2 Å². The summed E-state index contributed by atoms with van der Waals surface area (Å²) in [7, 11) is -1.92. The van der Waals surface area contributed by atoms with Crippen LogP contribution in [0.5, 0.6) is 0 Å². The van der Waals surface area contributed by atoms with Crippen LogP contribution in [0, 0.1) is 5.92 Å². The quantitative estimate of drug-likeness (QED) is 0.406. The Morgan fingerprint density at radius 2 is 1.69 bits per heavy atom. The summed E-state index contributed by atoms with van der Waals surface area (Å²) in [5.41, 5.74) is 0.844.